The maximum absolute atomic E-state index is 5.22. The predicted octanol–water partition coefficient (Wildman–Crippen LogP) is 4.13. The van der Waals surface area contributed by atoms with Gasteiger partial charge in [-0.05, 0) is 36.7 Å². The lowest BCUT2D eigenvalue weighted by Gasteiger charge is -2.08. The minimum Gasteiger partial charge on any atom is -0.497 e. The fourth-order valence-electron chi connectivity index (χ4n) is 1.71. The second-order valence-corrected chi connectivity index (χ2v) is 5.05. The number of unbranched alkanes of at least 4 members (excludes halogenated alkanes) is 3. The highest BCUT2D eigenvalue weighted by molar-refractivity contribution is 9.10. The molecule has 0 saturated heterocycles. The Labute approximate surface area is 113 Å². The highest BCUT2D eigenvalue weighted by Gasteiger charge is 2.01. The largest absolute Gasteiger partial charge is 0.497 e. The second kappa shape index (κ2) is 8.54. The highest BCUT2D eigenvalue weighted by Crippen LogP contribution is 2.22. The molecule has 0 fully saturated rings. The highest BCUT2D eigenvalue weighted by atomic mass is 79.9. The zero-order valence-electron chi connectivity index (χ0n) is 10.8. The lowest BCUT2D eigenvalue weighted by molar-refractivity contribution is 0.414. The number of hydrogen-bond donors (Lipinski definition) is 1. The molecular weight excluding hydrogens is 278 g/mol. The Kier molecular flexibility index (Phi) is 7.29. The van der Waals surface area contributed by atoms with E-state index in [1.165, 1.54) is 31.2 Å². The first-order valence-electron chi connectivity index (χ1n) is 6.31. The zero-order chi connectivity index (χ0) is 12.5. The Bertz CT molecular complexity index is 328. The van der Waals surface area contributed by atoms with Gasteiger partial charge in [0.2, 0.25) is 0 Å². The number of halogens is 1. The summed E-state index contributed by atoms with van der Waals surface area (Å²) in [6.07, 6.45) is 5.21. The summed E-state index contributed by atoms with van der Waals surface area (Å²) in [5, 5.41) is 3.47. The normalized spacial score (nSPS) is 10.5. The summed E-state index contributed by atoms with van der Waals surface area (Å²) in [4.78, 5) is 0. The van der Waals surface area contributed by atoms with Crippen molar-refractivity contribution in [3.05, 3.63) is 28.2 Å². The molecule has 0 aliphatic heterocycles. The summed E-state index contributed by atoms with van der Waals surface area (Å²) >= 11 is 3.56. The van der Waals surface area contributed by atoms with Crippen molar-refractivity contribution in [3.8, 4) is 5.75 Å². The Balaban J connectivity index is 2.30. The van der Waals surface area contributed by atoms with E-state index in [0.717, 1.165) is 23.3 Å². The van der Waals surface area contributed by atoms with Gasteiger partial charge >= 0.3 is 0 Å². The third-order valence-electron chi connectivity index (χ3n) is 2.78. The van der Waals surface area contributed by atoms with Gasteiger partial charge < -0.3 is 10.1 Å². The van der Waals surface area contributed by atoms with Crippen molar-refractivity contribution in [2.45, 2.75) is 39.2 Å². The minimum atomic E-state index is 0.893. The lowest BCUT2D eigenvalue weighted by atomic mass is 10.2. The number of nitrogens with one attached hydrogen (secondary N) is 1. The van der Waals surface area contributed by atoms with Gasteiger partial charge in [-0.2, -0.15) is 0 Å². The molecule has 0 bridgehead atoms. The van der Waals surface area contributed by atoms with Crippen LogP contribution in [-0.2, 0) is 6.54 Å². The number of rotatable bonds is 8. The van der Waals surface area contributed by atoms with Gasteiger partial charge in [-0.15, -0.1) is 0 Å². The molecule has 0 radical (unpaired) electrons. The molecule has 0 aliphatic carbocycles. The number of ether oxygens (including phenoxy) is 1. The van der Waals surface area contributed by atoms with Gasteiger partial charge in [0.1, 0.15) is 5.75 Å². The van der Waals surface area contributed by atoms with E-state index in [1.807, 2.05) is 12.1 Å². The standard InChI is InChI=1S/C14H22BrNO/c1-3-4-5-6-9-16-11-12-10-13(17-2)7-8-14(12)15/h7-8,10,16H,3-6,9,11H2,1-2H3. The molecule has 0 aliphatic rings. The van der Waals surface area contributed by atoms with Gasteiger partial charge in [-0.3, -0.25) is 0 Å². The zero-order valence-corrected chi connectivity index (χ0v) is 12.3. The summed E-state index contributed by atoms with van der Waals surface area (Å²) < 4.78 is 6.36. The second-order valence-electron chi connectivity index (χ2n) is 4.19. The van der Waals surface area contributed by atoms with Crippen molar-refractivity contribution in [1.82, 2.24) is 5.32 Å². The molecule has 1 aromatic carbocycles. The first-order chi connectivity index (χ1) is 8.27. The van der Waals surface area contributed by atoms with Crippen molar-refractivity contribution in [1.29, 1.82) is 0 Å². The molecule has 1 rings (SSSR count). The number of benzene rings is 1. The van der Waals surface area contributed by atoms with Gasteiger partial charge in [0.15, 0.2) is 0 Å². The predicted molar refractivity (Wildman–Crippen MR) is 76.5 cm³/mol. The molecule has 1 aromatic rings. The fourth-order valence-corrected chi connectivity index (χ4v) is 2.10. The molecule has 0 amide bonds. The van der Waals surface area contributed by atoms with Crippen LogP contribution in [0.5, 0.6) is 5.75 Å². The summed E-state index contributed by atoms with van der Waals surface area (Å²) in [6, 6.07) is 6.07. The molecule has 0 unspecified atom stereocenters. The van der Waals surface area contributed by atoms with Gasteiger partial charge in [-0.25, -0.2) is 0 Å². The summed E-state index contributed by atoms with van der Waals surface area (Å²) in [5.74, 6) is 0.913. The summed E-state index contributed by atoms with van der Waals surface area (Å²) in [5.41, 5.74) is 1.25. The Morgan fingerprint density at radius 1 is 1.24 bits per heavy atom. The molecular formula is C14H22BrNO. The topological polar surface area (TPSA) is 21.3 Å². The maximum atomic E-state index is 5.22. The van der Waals surface area contributed by atoms with Crippen molar-refractivity contribution in [2.75, 3.05) is 13.7 Å². The molecule has 0 spiro atoms. The van der Waals surface area contributed by atoms with Crippen LogP contribution in [0.2, 0.25) is 0 Å². The molecule has 2 nitrogen and oxygen atoms in total. The van der Waals surface area contributed by atoms with Crippen molar-refractivity contribution in [3.63, 3.8) is 0 Å². The Morgan fingerprint density at radius 3 is 2.76 bits per heavy atom. The third-order valence-corrected chi connectivity index (χ3v) is 3.55. The van der Waals surface area contributed by atoms with Crippen LogP contribution in [0.25, 0.3) is 0 Å². The number of hydrogen-bond acceptors (Lipinski definition) is 2. The van der Waals surface area contributed by atoms with Crippen LogP contribution >= 0.6 is 15.9 Å². The summed E-state index contributed by atoms with van der Waals surface area (Å²) in [7, 11) is 1.70. The van der Waals surface area contributed by atoms with Crippen LogP contribution in [0.3, 0.4) is 0 Å². The molecule has 0 heterocycles. The van der Waals surface area contributed by atoms with E-state index in [-0.39, 0.29) is 0 Å². The van der Waals surface area contributed by atoms with Gasteiger partial charge in [0, 0.05) is 11.0 Å². The fraction of sp³-hybridized carbons (Fsp3) is 0.571. The van der Waals surface area contributed by atoms with E-state index in [4.69, 9.17) is 4.74 Å². The lowest BCUT2D eigenvalue weighted by Crippen LogP contribution is -2.15. The van der Waals surface area contributed by atoms with E-state index < -0.39 is 0 Å². The molecule has 3 heteroatoms. The van der Waals surface area contributed by atoms with Crippen LogP contribution in [0.1, 0.15) is 38.2 Å². The van der Waals surface area contributed by atoms with Crippen LogP contribution < -0.4 is 10.1 Å². The first kappa shape index (κ1) is 14.5. The van der Waals surface area contributed by atoms with Crippen LogP contribution in [0.15, 0.2) is 22.7 Å². The molecule has 17 heavy (non-hydrogen) atoms. The molecule has 0 atom stereocenters. The van der Waals surface area contributed by atoms with E-state index >= 15 is 0 Å². The van der Waals surface area contributed by atoms with Gasteiger partial charge in [-0.1, -0.05) is 42.1 Å². The first-order valence-corrected chi connectivity index (χ1v) is 7.10. The van der Waals surface area contributed by atoms with Crippen molar-refractivity contribution < 1.29 is 4.74 Å². The van der Waals surface area contributed by atoms with Crippen LogP contribution in [0, 0.1) is 0 Å². The van der Waals surface area contributed by atoms with Crippen LogP contribution in [-0.4, -0.2) is 13.7 Å². The molecule has 1 N–H and O–H groups in total. The summed E-state index contributed by atoms with van der Waals surface area (Å²) in [6.45, 7) is 4.22. The van der Waals surface area contributed by atoms with E-state index in [2.05, 4.69) is 34.2 Å². The molecule has 96 valence electrons. The Hall–Kier alpha value is -0.540. The van der Waals surface area contributed by atoms with E-state index in [0.29, 0.717) is 0 Å². The van der Waals surface area contributed by atoms with E-state index in [1.54, 1.807) is 7.11 Å². The minimum absolute atomic E-state index is 0.893. The molecule has 0 saturated carbocycles. The average Bonchev–Trinajstić information content (AvgIpc) is 2.35. The maximum Gasteiger partial charge on any atom is 0.119 e. The van der Waals surface area contributed by atoms with Gasteiger partial charge in [0.25, 0.3) is 0 Å². The quantitative estimate of drug-likeness (QED) is 0.729. The van der Waals surface area contributed by atoms with Gasteiger partial charge in [0.05, 0.1) is 7.11 Å². The smallest absolute Gasteiger partial charge is 0.119 e. The van der Waals surface area contributed by atoms with Crippen LogP contribution in [0.4, 0.5) is 0 Å². The monoisotopic (exact) mass is 299 g/mol. The molecule has 0 aromatic heterocycles. The Morgan fingerprint density at radius 2 is 2.06 bits per heavy atom. The average molecular weight is 300 g/mol. The van der Waals surface area contributed by atoms with Crippen molar-refractivity contribution >= 4 is 15.9 Å². The number of methoxy groups -OCH3 is 1. The third kappa shape index (κ3) is 5.55. The van der Waals surface area contributed by atoms with E-state index in [9.17, 15) is 0 Å². The SMILES string of the molecule is CCCCCCNCc1cc(OC)ccc1Br. The van der Waals surface area contributed by atoms with Crippen molar-refractivity contribution in [2.24, 2.45) is 0 Å².